The van der Waals surface area contributed by atoms with Gasteiger partial charge in [-0.25, -0.2) is 0 Å². The van der Waals surface area contributed by atoms with E-state index in [4.69, 9.17) is 23.8 Å². The number of aromatic amines is 1. The first kappa shape index (κ1) is 12.9. The second-order valence-electron chi connectivity index (χ2n) is 3.81. The molecule has 0 fully saturated rings. The number of rotatable bonds is 4. The fourth-order valence-corrected chi connectivity index (χ4v) is 2.07. The molecule has 0 bridgehead atoms. The van der Waals surface area contributed by atoms with E-state index in [0.717, 1.165) is 11.4 Å². The number of hydrogen-bond acceptors (Lipinski definition) is 3. The third-order valence-corrected chi connectivity index (χ3v) is 3.14. The average Bonchev–Trinajstić information content (AvgIpc) is 2.67. The van der Waals surface area contributed by atoms with Crippen molar-refractivity contribution in [2.24, 2.45) is 0 Å². The molecular formula is C12H12ClN3OS. The molecule has 6 heteroatoms. The molecule has 1 aromatic carbocycles. The SMILES string of the molecule is C=CCn1c(Cc2ccc(O)c(Cl)c2)n[nH]c1=S. The van der Waals surface area contributed by atoms with Crippen LogP contribution in [0.25, 0.3) is 0 Å². The van der Waals surface area contributed by atoms with Gasteiger partial charge < -0.3 is 5.11 Å². The number of phenolic OH excluding ortho intramolecular Hbond substituents is 1. The van der Waals surface area contributed by atoms with Crippen molar-refractivity contribution in [1.82, 2.24) is 14.8 Å². The minimum Gasteiger partial charge on any atom is -0.506 e. The minimum atomic E-state index is 0.0744. The van der Waals surface area contributed by atoms with Crippen LogP contribution < -0.4 is 0 Å². The number of hydrogen-bond donors (Lipinski definition) is 2. The fourth-order valence-electron chi connectivity index (χ4n) is 1.65. The molecule has 18 heavy (non-hydrogen) atoms. The number of phenols is 1. The van der Waals surface area contributed by atoms with Gasteiger partial charge >= 0.3 is 0 Å². The highest BCUT2D eigenvalue weighted by Gasteiger charge is 2.07. The van der Waals surface area contributed by atoms with E-state index in [9.17, 15) is 5.11 Å². The number of nitrogens with zero attached hydrogens (tertiary/aromatic N) is 2. The first-order valence-electron chi connectivity index (χ1n) is 5.34. The number of H-pyrrole nitrogens is 1. The molecule has 0 unspecified atom stereocenters. The summed E-state index contributed by atoms with van der Waals surface area (Å²) in [4.78, 5) is 0. The highest BCUT2D eigenvalue weighted by Crippen LogP contribution is 2.24. The normalized spacial score (nSPS) is 10.5. The number of halogens is 1. The van der Waals surface area contributed by atoms with Gasteiger partial charge in [0.05, 0.1) is 5.02 Å². The standard InChI is InChI=1S/C12H12ClN3OS/c1-2-5-16-11(14-15-12(16)18)7-8-3-4-10(17)9(13)6-8/h2-4,6,17H,1,5,7H2,(H,15,18). The number of allylic oxidation sites excluding steroid dienone is 1. The van der Waals surface area contributed by atoms with Crippen molar-refractivity contribution in [2.45, 2.75) is 13.0 Å². The van der Waals surface area contributed by atoms with Crippen molar-refractivity contribution in [1.29, 1.82) is 0 Å². The molecule has 0 spiro atoms. The summed E-state index contributed by atoms with van der Waals surface area (Å²) in [6.45, 7) is 4.30. The number of benzene rings is 1. The maximum Gasteiger partial charge on any atom is 0.195 e. The van der Waals surface area contributed by atoms with Crippen LogP contribution in [0.2, 0.25) is 5.02 Å². The van der Waals surface area contributed by atoms with Gasteiger partial charge in [-0.05, 0) is 29.9 Å². The van der Waals surface area contributed by atoms with Crippen LogP contribution in [0, 0.1) is 4.77 Å². The molecule has 2 aromatic rings. The third-order valence-electron chi connectivity index (χ3n) is 2.52. The van der Waals surface area contributed by atoms with Crippen LogP contribution in [0.3, 0.4) is 0 Å². The molecule has 0 aliphatic carbocycles. The zero-order valence-corrected chi connectivity index (χ0v) is 11.1. The maximum atomic E-state index is 9.36. The van der Waals surface area contributed by atoms with Crippen molar-refractivity contribution >= 4 is 23.8 Å². The van der Waals surface area contributed by atoms with Crippen molar-refractivity contribution in [3.63, 3.8) is 0 Å². The quantitative estimate of drug-likeness (QED) is 0.669. The molecule has 0 aliphatic heterocycles. The first-order valence-corrected chi connectivity index (χ1v) is 6.13. The lowest BCUT2D eigenvalue weighted by Crippen LogP contribution is -2.03. The monoisotopic (exact) mass is 281 g/mol. The van der Waals surface area contributed by atoms with Crippen LogP contribution in [0.4, 0.5) is 0 Å². The highest BCUT2D eigenvalue weighted by atomic mass is 35.5. The van der Waals surface area contributed by atoms with Gasteiger partial charge in [0.1, 0.15) is 11.6 Å². The lowest BCUT2D eigenvalue weighted by atomic mass is 10.1. The fraction of sp³-hybridized carbons (Fsp3) is 0.167. The van der Waals surface area contributed by atoms with E-state index < -0.39 is 0 Å². The summed E-state index contributed by atoms with van der Waals surface area (Å²) in [5.74, 6) is 0.882. The molecule has 0 radical (unpaired) electrons. The summed E-state index contributed by atoms with van der Waals surface area (Å²) < 4.78 is 2.43. The molecule has 4 nitrogen and oxygen atoms in total. The number of aromatic nitrogens is 3. The van der Waals surface area contributed by atoms with E-state index in [1.54, 1.807) is 24.3 Å². The van der Waals surface area contributed by atoms with Gasteiger partial charge in [-0.1, -0.05) is 23.7 Å². The Labute approximate surface area is 115 Å². The Morgan fingerprint density at radius 3 is 3.00 bits per heavy atom. The topological polar surface area (TPSA) is 53.8 Å². The lowest BCUT2D eigenvalue weighted by molar-refractivity contribution is 0.475. The van der Waals surface area contributed by atoms with Crippen molar-refractivity contribution in [2.75, 3.05) is 0 Å². The molecule has 0 atom stereocenters. The van der Waals surface area contributed by atoms with Crippen LogP contribution in [-0.2, 0) is 13.0 Å². The Bertz CT molecular complexity index is 632. The summed E-state index contributed by atoms with van der Waals surface area (Å²) in [7, 11) is 0. The molecule has 0 saturated carbocycles. The van der Waals surface area contributed by atoms with Crippen molar-refractivity contribution in [3.05, 3.63) is 52.0 Å². The van der Waals surface area contributed by atoms with Gasteiger partial charge in [-0.3, -0.25) is 9.67 Å². The van der Waals surface area contributed by atoms with E-state index in [-0.39, 0.29) is 5.75 Å². The molecule has 1 heterocycles. The van der Waals surface area contributed by atoms with E-state index in [2.05, 4.69) is 16.8 Å². The van der Waals surface area contributed by atoms with E-state index in [1.807, 2.05) is 4.57 Å². The van der Waals surface area contributed by atoms with E-state index >= 15 is 0 Å². The van der Waals surface area contributed by atoms with E-state index in [1.165, 1.54) is 0 Å². The third kappa shape index (κ3) is 2.63. The van der Waals surface area contributed by atoms with Gasteiger partial charge in [0.2, 0.25) is 0 Å². The maximum absolute atomic E-state index is 9.36. The lowest BCUT2D eigenvalue weighted by Gasteiger charge is -2.05. The first-order chi connectivity index (χ1) is 8.61. The van der Waals surface area contributed by atoms with Crippen molar-refractivity contribution in [3.8, 4) is 5.75 Å². The highest BCUT2D eigenvalue weighted by molar-refractivity contribution is 7.71. The predicted octanol–water partition coefficient (Wildman–Crippen LogP) is 3.08. The van der Waals surface area contributed by atoms with E-state index in [0.29, 0.717) is 22.8 Å². The molecule has 0 amide bonds. The summed E-state index contributed by atoms with van der Waals surface area (Å²) in [6.07, 6.45) is 2.35. The molecule has 2 N–H and O–H groups in total. The largest absolute Gasteiger partial charge is 0.506 e. The zero-order chi connectivity index (χ0) is 13.1. The average molecular weight is 282 g/mol. The van der Waals surface area contributed by atoms with Crippen LogP contribution >= 0.6 is 23.8 Å². The number of aromatic hydroxyl groups is 1. The molecule has 2 rings (SSSR count). The van der Waals surface area contributed by atoms with Gasteiger partial charge in [0.25, 0.3) is 0 Å². The Morgan fingerprint density at radius 2 is 2.33 bits per heavy atom. The van der Waals surface area contributed by atoms with Crippen LogP contribution in [-0.4, -0.2) is 19.9 Å². The smallest absolute Gasteiger partial charge is 0.195 e. The molecular weight excluding hydrogens is 270 g/mol. The van der Waals surface area contributed by atoms with Crippen LogP contribution in [0.5, 0.6) is 5.75 Å². The Hall–Kier alpha value is -1.59. The summed E-state index contributed by atoms with van der Waals surface area (Å²) in [6, 6.07) is 5.08. The molecule has 94 valence electrons. The molecule has 0 saturated heterocycles. The second-order valence-corrected chi connectivity index (χ2v) is 4.60. The minimum absolute atomic E-state index is 0.0744. The zero-order valence-electron chi connectivity index (χ0n) is 9.56. The molecule has 1 aromatic heterocycles. The van der Waals surface area contributed by atoms with Crippen LogP contribution in [0.1, 0.15) is 11.4 Å². The second kappa shape index (κ2) is 5.37. The van der Waals surface area contributed by atoms with Gasteiger partial charge in [0.15, 0.2) is 4.77 Å². The number of nitrogens with one attached hydrogen (secondary N) is 1. The van der Waals surface area contributed by atoms with Gasteiger partial charge in [0, 0.05) is 13.0 Å². The Kier molecular flexibility index (Phi) is 3.84. The molecule has 0 aliphatic rings. The summed E-state index contributed by atoms with van der Waals surface area (Å²) in [5, 5.41) is 16.6. The predicted molar refractivity (Wildman–Crippen MR) is 73.5 cm³/mol. The van der Waals surface area contributed by atoms with Gasteiger partial charge in [-0.15, -0.1) is 6.58 Å². The Balaban J connectivity index is 2.31. The van der Waals surface area contributed by atoms with Crippen LogP contribution in [0.15, 0.2) is 30.9 Å². The van der Waals surface area contributed by atoms with Gasteiger partial charge in [-0.2, -0.15) is 5.10 Å². The summed E-state index contributed by atoms with van der Waals surface area (Å²) >= 11 is 11.0. The summed E-state index contributed by atoms with van der Waals surface area (Å²) in [5.41, 5.74) is 0.956. The van der Waals surface area contributed by atoms with Crippen molar-refractivity contribution < 1.29 is 5.11 Å². The Morgan fingerprint density at radius 1 is 1.56 bits per heavy atom.